The summed E-state index contributed by atoms with van der Waals surface area (Å²) in [4.78, 5) is 0. The fourth-order valence-electron chi connectivity index (χ4n) is 1.32. The molecular weight excluding hydrogens is 114 g/mol. The monoisotopic (exact) mass is 129 g/mol. The zero-order valence-electron chi connectivity index (χ0n) is 6.35. The summed E-state index contributed by atoms with van der Waals surface area (Å²) in [7, 11) is 1.75. The lowest BCUT2D eigenvalue weighted by Crippen LogP contribution is -2.58. The molecule has 0 spiro atoms. The highest BCUT2D eigenvalue weighted by atomic mass is 16.5. The number of hydrogen-bond acceptors (Lipinski definition) is 2. The molecule has 1 aliphatic carbocycles. The second-order valence-electron chi connectivity index (χ2n) is 3.39. The molecule has 0 aromatic heterocycles. The summed E-state index contributed by atoms with van der Waals surface area (Å²) in [5.74, 6) is 0. The smallest absolute Gasteiger partial charge is 0.0652 e. The van der Waals surface area contributed by atoms with Crippen LogP contribution in [0.5, 0.6) is 0 Å². The van der Waals surface area contributed by atoms with Gasteiger partial charge in [0.2, 0.25) is 0 Å². The van der Waals surface area contributed by atoms with Crippen LogP contribution in [0.3, 0.4) is 0 Å². The normalized spacial score (nSPS) is 40.0. The van der Waals surface area contributed by atoms with E-state index in [1.165, 1.54) is 0 Å². The fraction of sp³-hybridized carbons (Fsp3) is 1.00. The standard InChI is InChI=1S/C7H15NO/c1-7(2)5(8)4-6(7)9-3/h5-6H,4,8H2,1-3H3/t5-,6-/m0/s1. The summed E-state index contributed by atoms with van der Waals surface area (Å²) < 4.78 is 5.19. The number of rotatable bonds is 1. The average molecular weight is 129 g/mol. The van der Waals surface area contributed by atoms with Crippen LogP contribution in [0.15, 0.2) is 0 Å². The van der Waals surface area contributed by atoms with Gasteiger partial charge in [-0.2, -0.15) is 0 Å². The molecule has 0 amide bonds. The molecule has 1 saturated carbocycles. The van der Waals surface area contributed by atoms with Gasteiger partial charge in [0, 0.05) is 18.6 Å². The second-order valence-corrected chi connectivity index (χ2v) is 3.39. The van der Waals surface area contributed by atoms with Crippen LogP contribution in [0.25, 0.3) is 0 Å². The zero-order chi connectivity index (χ0) is 7.07. The molecule has 2 N–H and O–H groups in total. The lowest BCUT2D eigenvalue weighted by molar-refractivity contribution is -0.0858. The molecule has 0 aromatic carbocycles. The minimum Gasteiger partial charge on any atom is -0.381 e. The van der Waals surface area contributed by atoms with E-state index in [0.717, 1.165) is 6.42 Å². The summed E-state index contributed by atoms with van der Waals surface area (Å²) in [6.45, 7) is 4.30. The van der Waals surface area contributed by atoms with Gasteiger partial charge in [-0.25, -0.2) is 0 Å². The van der Waals surface area contributed by atoms with Gasteiger partial charge in [0.15, 0.2) is 0 Å². The van der Waals surface area contributed by atoms with Gasteiger partial charge >= 0.3 is 0 Å². The van der Waals surface area contributed by atoms with E-state index in [2.05, 4.69) is 13.8 Å². The van der Waals surface area contributed by atoms with Crippen LogP contribution in [0.2, 0.25) is 0 Å². The Bertz CT molecular complexity index is 111. The van der Waals surface area contributed by atoms with Crippen molar-refractivity contribution in [1.29, 1.82) is 0 Å². The molecule has 1 rings (SSSR count). The van der Waals surface area contributed by atoms with Gasteiger partial charge in [-0.15, -0.1) is 0 Å². The molecule has 54 valence electrons. The Morgan fingerprint density at radius 2 is 2.11 bits per heavy atom. The van der Waals surface area contributed by atoms with Crippen molar-refractivity contribution in [2.24, 2.45) is 11.1 Å². The van der Waals surface area contributed by atoms with Crippen LogP contribution in [-0.2, 0) is 4.74 Å². The number of nitrogens with two attached hydrogens (primary N) is 1. The van der Waals surface area contributed by atoms with E-state index in [1.807, 2.05) is 0 Å². The van der Waals surface area contributed by atoms with Gasteiger partial charge in [-0.3, -0.25) is 0 Å². The van der Waals surface area contributed by atoms with Crippen molar-refractivity contribution < 1.29 is 4.74 Å². The third-order valence-electron chi connectivity index (χ3n) is 2.54. The molecule has 0 unspecified atom stereocenters. The molecule has 1 fully saturated rings. The van der Waals surface area contributed by atoms with E-state index in [9.17, 15) is 0 Å². The molecule has 9 heavy (non-hydrogen) atoms. The van der Waals surface area contributed by atoms with Gasteiger partial charge in [0.05, 0.1) is 6.10 Å². The minimum atomic E-state index is 0.203. The molecule has 0 radical (unpaired) electrons. The number of hydrogen-bond donors (Lipinski definition) is 1. The Labute approximate surface area is 56.4 Å². The van der Waals surface area contributed by atoms with Crippen molar-refractivity contribution >= 4 is 0 Å². The first-order chi connectivity index (χ1) is 4.09. The van der Waals surface area contributed by atoms with Crippen molar-refractivity contribution in [3.63, 3.8) is 0 Å². The van der Waals surface area contributed by atoms with E-state index in [0.29, 0.717) is 12.1 Å². The summed E-state index contributed by atoms with van der Waals surface area (Å²) in [6.07, 6.45) is 1.40. The van der Waals surface area contributed by atoms with Crippen molar-refractivity contribution in [2.45, 2.75) is 32.4 Å². The van der Waals surface area contributed by atoms with Crippen LogP contribution < -0.4 is 5.73 Å². The van der Waals surface area contributed by atoms with Crippen molar-refractivity contribution in [2.75, 3.05) is 7.11 Å². The Hall–Kier alpha value is -0.0800. The Morgan fingerprint density at radius 1 is 1.56 bits per heavy atom. The molecule has 2 nitrogen and oxygen atoms in total. The molecule has 2 heteroatoms. The van der Waals surface area contributed by atoms with Gasteiger partial charge < -0.3 is 10.5 Å². The van der Waals surface area contributed by atoms with E-state index < -0.39 is 0 Å². The summed E-state index contributed by atoms with van der Waals surface area (Å²) in [5.41, 5.74) is 5.95. The summed E-state index contributed by atoms with van der Waals surface area (Å²) in [6, 6.07) is 0.336. The SMILES string of the molecule is CO[C@H]1C[C@H](N)C1(C)C. The summed E-state index contributed by atoms with van der Waals surface area (Å²) in [5, 5.41) is 0. The highest BCUT2D eigenvalue weighted by molar-refractivity contribution is 5.00. The van der Waals surface area contributed by atoms with Crippen LogP contribution in [0, 0.1) is 5.41 Å². The Kier molecular flexibility index (Phi) is 1.53. The first-order valence-corrected chi connectivity index (χ1v) is 3.37. The molecule has 0 aromatic rings. The quantitative estimate of drug-likeness (QED) is 0.567. The molecule has 0 aliphatic heterocycles. The Morgan fingerprint density at radius 3 is 2.22 bits per heavy atom. The van der Waals surface area contributed by atoms with E-state index >= 15 is 0 Å². The number of methoxy groups -OCH3 is 1. The van der Waals surface area contributed by atoms with Crippen molar-refractivity contribution in [3.8, 4) is 0 Å². The van der Waals surface area contributed by atoms with Crippen LogP contribution in [-0.4, -0.2) is 19.3 Å². The van der Waals surface area contributed by atoms with Crippen molar-refractivity contribution in [3.05, 3.63) is 0 Å². The number of ether oxygens (including phenoxy) is 1. The molecule has 0 heterocycles. The average Bonchev–Trinajstić information content (AvgIpc) is 1.82. The predicted octanol–water partition coefficient (Wildman–Crippen LogP) is 0.759. The first kappa shape index (κ1) is 7.03. The van der Waals surface area contributed by atoms with Crippen molar-refractivity contribution in [1.82, 2.24) is 0 Å². The maximum absolute atomic E-state index is 5.74. The second kappa shape index (κ2) is 1.96. The van der Waals surface area contributed by atoms with Crippen LogP contribution in [0.1, 0.15) is 20.3 Å². The maximum Gasteiger partial charge on any atom is 0.0652 e. The summed E-state index contributed by atoms with van der Waals surface area (Å²) >= 11 is 0. The Balaban J connectivity index is 2.48. The molecule has 0 bridgehead atoms. The lowest BCUT2D eigenvalue weighted by Gasteiger charge is -2.49. The molecule has 0 saturated heterocycles. The van der Waals surface area contributed by atoms with E-state index in [1.54, 1.807) is 7.11 Å². The van der Waals surface area contributed by atoms with Gasteiger partial charge in [0.25, 0.3) is 0 Å². The van der Waals surface area contributed by atoms with E-state index in [-0.39, 0.29) is 5.41 Å². The lowest BCUT2D eigenvalue weighted by atomic mass is 9.65. The minimum absolute atomic E-state index is 0.203. The van der Waals surface area contributed by atoms with Crippen LogP contribution >= 0.6 is 0 Å². The zero-order valence-corrected chi connectivity index (χ0v) is 6.35. The predicted molar refractivity (Wildman–Crippen MR) is 37.2 cm³/mol. The third kappa shape index (κ3) is 0.864. The first-order valence-electron chi connectivity index (χ1n) is 3.37. The third-order valence-corrected chi connectivity index (χ3v) is 2.54. The highest BCUT2D eigenvalue weighted by Crippen LogP contribution is 2.40. The van der Waals surface area contributed by atoms with Crippen LogP contribution in [0.4, 0.5) is 0 Å². The molecular formula is C7H15NO. The fourth-order valence-corrected chi connectivity index (χ4v) is 1.32. The molecule has 1 aliphatic rings. The van der Waals surface area contributed by atoms with E-state index in [4.69, 9.17) is 10.5 Å². The topological polar surface area (TPSA) is 35.2 Å². The van der Waals surface area contributed by atoms with Gasteiger partial charge in [-0.05, 0) is 6.42 Å². The maximum atomic E-state index is 5.74. The highest BCUT2D eigenvalue weighted by Gasteiger charge is 2.46. The van der Waals surface area contributed by atoms with Gasteiger partial charge in [0.1, 0.15) is 0 Å². The van der Waals surface area contributed by atoms with Gasteiger partial charge in [-0.1, -0.05) is 13.8 Å². The molecule has 2 atom stereocenters. The largest absolute Gasteiger partial charge is 0.381 e.